The highest BCUT2D eigenvalue weighted by Gasteiger charge is 2.42. The molecule has 2 aromatic carbocycles. The molecule has 28 heavy (non-hydrogen) atoms. The zero-order valence-corrected chi connectivity index (χ0v) is 16.7. The number of H-pyrrole nitrogens is 1. The summed E-state index contributed by atoms with van der Waals surface area (Å²) in [5.41, 5.74) is 5.52. The van der Waals surface area contributed by atoms with Crippen LogP contribution in [0, 0.1) is 12.8 Å². The highest BCUT2D eigenvalue weighted by atomic mass is 79.9. The number of aromatic amines is 1. The van der Waals surface area contributed by atoms with Crippen molar-refractivity contribution in [2.24, 2.45) is 5.92 Å². The third-order valence-electron chi connectivity index (χ3n) is 4.90. The summed E-state index contributed by atoms with van der Waals surface area (Å²) in [6, 6.07) is 16.9. The normalized spacial score (nSPS) is 17.3. The first-order valence-corrected chi connectivity index (χ1v) is 9.54. The first-order chi connectivity index (χ1) is 13.5. The number of para-hydroxylation sites is 1. The SMILES string of the molecule is C=C1NOC(=O)C1C(c1cccc(Br)c1)c1c(C)[nH]n(-c2ccccc2)c1=O. The molecule has 2 N–H and O–H groups in total. The maximum Gasteiger partial charge on any atom is 0.342 e. The standard InChI is InChI=1S/C21H18BrN3O3/c1-12-17(20(26)25(23-12)16-9-4-3-5-10-16)19(14-7-6-8-15(22)11-14)18-13(2)24-28-21(18)27/h3-11,18-19,23-24H,2H2,1H3. The topological polar surface area (TPSA) is 76.1 Å². The minimum absolute atomic E-state index is 0.207. The Morgan fingerprint density at radius 1 is 1.14 bits per heavy atom. The molecule has 142 valence electrons. The molecule has 7 heteroatoms. The maximum absolute atomic E-state index is 13.4. The highest BCUT2D eigenvalue weighted by molar-refractivity contribution is 9.10. The molecule has 1 fully saturated rings. The smallest absolute Gasteiger partial charge is 0.342 e. The molecule has 1 aromatic heterocycles. The molecule has 2 unspecified atom stereocenters. The zero-order chi connectivity index (χ0) is 19.8. The van der Waals surface area contributed by atoms with Crippen LogP contribution in [0.25, 0.3) is 5.69 Å². The minimum atomic E-state index is -0.708. The molecule has 1 aliphatic rings. The highest BCUT2D eigenvalue weighted by Crippen LogP contribution is 2.38. The number of carbonyl (C=O) groups is 1. The van der Waals surface area contributed by atoms with E-state index in [-0.39, 0.29) is 5.56 Å². The molecule has 6 nitrogen and oxygen atoms in total. The van der Waals surface area contributed by atoms with Crippen LogP contribution in [0.5, 0.6) is 0 Å². The van der Waals surface area contributed by atoms with E-state index in [1.54, 1.807) is 0 Å². The Hall–Kier alpha value is -3.06. The molecule has 2 heterocycles. The van der Waals surface area contributed by atoms with Crippen molar-refractivity contribution < 1.29 is 9.63 Å². The number of hydrogen-bond acceptors (Lipinski definition) is 4. The van der Waals surface area contributed by atoms with E-state index >= 15 is 0 Å². The summed E-state index contributed by atoms with van der Waals surface area (Å²) in [6.45, 7) is 5.75. The van der Waals surface area contributed by atoms with Gasteiger partial charge in [-0.1, -0.05) is 52.8 Å². The molecule has 0 amide bonds. The molecule has 0 saturated carbocycles. The van der Waals surface area contributed by atoms with E-state index in [1.165, 1.54) is 4.68 Å². The van der Waals surface area contributed by atoms with Crippen LogP contribution >= 0.6 is 15.9 Å². The van der Waals surface area contributed by atoms with Gasteiger partial charge in [-0.15, -0.1) is 0 Å². The van der Waals surface area contributed by atoms with Gasteiger partial charge in [0.1, 0.15) is 5.92 Å². The van der Waals surface area contributed by atoms with Crippen molar-refractivity contribution in [3.8, 4) is 5.69 Å². The Morgan fingerprint density at radius 3 is 2.54 bits per heavy atom. The summed E-state index contributed by atoms with van der Waals surface area (Å²) in [5, 5.41) is 3.14. The molecule has 3 aromatic rings. The van der Waals surface area contributed by atoms with Gasteiger partial charge >= 0.3 is 5.97 Å². The second-order valence-electron chi connectivity index (χ2n) is 6.69. The lowest BCUT2D eigenvalue weighted by atomic mass is 9.79. The summed E-state index contributed by atoms with van der Waals surface area (Å²) in [7, 11) is 0. The molecule has 0 aliphatic carbocycles. The average Bonchev–Trinajstić information content (AvgIpc) is 3.17. The van der Waals surface area contributed by atoms with Crippen LogP contribution in [0.15, 0.2) is 76.1 Å². The van der Waals surface area contributed by atoms with Gasteiger partial charge in [-0.2, -0.15) is 0 Å². The van der Waals surface area contributed by atoms with Crippen LogP contribution in [0.3, 0.4) is 0 Å². The monoisotopic (exact) mass is 439 g/mol. The van der Waals surface area contributed by atoms with Gasteiger partial charge in [-0.25, -0.2) is 15.0 Å². The predicted octanol–water partition coefficient (Wildman–Crippen LogP) is 3.56. The lowest BCUT2D eigenvalue weighted by molar-refractivity contribution is -0.146. The number of hydroxylamine groups is 1. The summed E-state index contributed by atoms with van der Waals surface area (Å²) in [5.74, 6) is -1.71. The quantitative estimate of drug-likeness (QED) is 0.651. The average molecular weight is 440 g/mol. The number of hydrogen-bond donors (Lipinski definition) is 2. The number of aromatic nitrogens is 2. The molecule has 1 aliphatic heterocycles. The largest absolute Gasteiger partial charge is 0.343 e. The number of carbonyl (C=O) groups excluding carboxylic acids is 1. The summed E-state index contributed by atoms with van der Waals surface area (Å²) in [6.07, 6.45) is 0. The molecule has 0 radical (unpaired) electrons. The zero-order valence-electron chi connectivity index (χ0n) is 15.1. The number of nitrogens with zero attached hydrogens (tertiary/aromatic N) is 1. The Balaban J connectivity index is 1.93. The van der Waals surface area contributed by atoms with E-state index in [1.807, 2.05) is 61.5 Å². The summed E-state index contributed by atoms with van der Waals surface area (Å²) < 4.78 is 2.35. The third kappa shape index (κ3) is 3.07. The van der Waals surface area contributed by atoms with Crippen molar-refractivity contribution in [3.05, 3.63) is 98.5 Å². The van der Waals surface area contributed by atoms with Crippen LogP contribution in [0.4, 0.5) is 0 Å². The van der Waals surface area contributed by atoms with Crippen LogP contribution in [0.2, 0.25) is 0 Å². The fourth-order valence-corrected chi connectivity index (χ4v) is 4.05. The van der Waals surface area contributed by atoms with Gasteiger partial charge < -0.3 is 4.84 Å². The fraction of sp³-hybridized carbons (Fsp3) is 0.143. The van der Waals surface area contributed by atoms with Gasteiger partial charge in [-0.3, -0.25) is 9.89 Å². The number of aryl methyl sites for hydroxylation is 1. The molecular weight excluding hydrogens is 422 g/mol. The maximum atomic E-state index is 13.4. The molecule has 2 atom stereocenters. The van der Waals surface area contributed by atoms with Crippen LogP contribution in [0.1, 0.15) is 22.7 Å². The molecule has 0 bridgehead atoms. The van der Waals surface area contributed by atoms with E-state index in [0.29, 0.717) is 17.0 Å². The van der Waals surface area contributed by atoms with Crippen molar-refractivity contribution in [1.29, 1.82) is 0 Å². The molecule has 0 spiro atoms. The van der Waals surface area contributed by atoms with E-state index < -0.39 is 17.8 Å². The van der Waals surface area contributed by atoms with Gasteiger partial charge in [0, 0.05) is 21.6 Å². The van der Waals surface area contributed by atoms with Crippen LogP contribution in [-0.2, 0) is 9.63 Å². The van der Waals surface area contributed by atoms with Gasteiger partial charge in [0.2, 0.25) is 0 Å². The van der Waals surface area contributed by atoms with Gasteiger partial charge in [0.05, 0.1) is 11.4 Å². The predicted molar refractivity (Wildman–Crippen MR) is 109 cm³/mol. The Kier molecular flexibility index (Phi) is 4.68. The van der Waals surface area contributed by atoms with Gasteiger partial charge in [-0.05, 0) is 36.8 Å². The Labute approximate surface area is 169 Å². The Morgan fingerprint density at radius 2 is 1.89 bits per heavy atom. The van der Waals surface area contributed by atoms with Crippen molar-refractivity contribution >= 4 is 21.9 Å². The number of benzene rings is 2. The van der Waals surface area contributed by atoms with E-state index in [9.17, 15) is 9.59 Å². The van der Waals surface area contributed by atoms with E-state index in [2.05, 4.69) is 33.1 Å². The van der Waals surface area contributed by atoms with E-state index in [4.69, 9.17) is 4.84 Å². The number of nitrogens with one attached hydrogen (secondary N) is 2. The van der Waals surface area contributed by atoms with Crippen molar-refractivity contribution in [2.45, 2.75) is 12.8 Å². The lowest BCUT2D eigenvalue weighted by Gasteiger charge is -2.20. The Bertz CT molecular complexity index is 1100. The third-order valence-corrected chi connectivity index (χ3v) is 5.39. The first kappa shape index (κ1) is 18.3. The molecule has 4 rings (SSSR count). The van der Waals surface area contributed by atoms with Crippen molar-refractivity contribution in [3.63, 3.8) is 0 Å². The molecule has 1 saturated heterocycles. The van der Waals surface area contributed by atoms with Gasteiger partial charge in [0.25, 0.3) is 5.56 Å². The number of halogens is 1. The first-order valence-electron chi connectivity index (χ1n) is 8.75. The molecular formula is C21H18BrN3O3. The fourth-order valence-electron chi connectivity index (χ4n) is 3.63. The second kappa shape index (κ2) is 7.16. The van der Waals surface area contributed by atoms with Gasteiger partial charge in [0.15, 0.2) is 0 Å². The van der Waals surface area contributed by atoms with Crippen LogP contribution in [-0.4, -0.2) is 15.7 Å². The van der Waals surface area contributed by atoms with Crippen molar-refractivity contribution in [2.75, 3.05) is 0 Å². The summed E-state index contributed by atoms with van der Waals surface area (Å²) in [4.78, 5) is 30.8. The summed E-state index contributed by atoms with van der Waals surface area (Å²) >= 11 is 3.48. The van der Waals surface area contributed by atoms with Crippen molar-refractivity contribution in [1.82, 2.24) is 15.3 Å². The minimum Gasteiger partial charge on any atom is -0.343 e. The van der Waals surface area contributed by atoms with Crippen LogP contribution < -0.4 is 11.0 Å². The number of rotatable bonds is 4. The van der Waals surface area contributed by atoms with E-state index in [0.717, 1.165) is 15.7 Å². The second-order valence-corrected chi connectivity index (χ2v) is 7.60. The lowest BCUT2D eigenvalue weighted by Crippen LogP contribution is -2.27.